The minimum atomic E-state index is -5.63. The SMILES string of the molecule is [N-]=[N+]=NCC1O[C@H](OP(=O)(O)OP(=O)(O)OC[C@H]2O[C@@H](n3cnc4c(=O)[nH]c(N)nc43)C(O)[C@H]2O)C(O)[C@@H](O)[C@@H]1O. The Labute approximate surface area is 226 Å². The Kier molecular flexibility index (Phi) is 9.16. The predicted octanol–water partition coefficient (Wildman–Crippen LogP) is -3.31. The predicted molar refractivity (Wildman–Crippen MR) is 127 cm³/mol. The molecule has 0 radical (unpaired) electrons. The van der Waals surface area contributed by atoms with Crippen LogP contribution in [0.5, 0.6) is 0 Å². The van der Waals surface area contributed by atoms with Gasteiger partial charge in [-0.25, -0.2) is 14.1 Å². The number of aliphatic hydroxyl groups excluding tert-OH is 5. The van der Waals surface area contributed by atoms with E-state index in [1.807, 2.05) is 0 Å². The van der Waals surface area contributed by atoms with Crippen molar-refractivity contribution in [1.82, 2.24) is 19.5 Å². The van der Waals surface area contributed by atoms with Gasteiger partial charge in [-0.05, 0) is 5.53 Å². The molecule has 4 heterocycles. The Balaban J connectivity index is 1.39. The highest BCUT2D eigenvalue weighted by Gasteiger charge is 2.49. The number of phosphoric acid groups is 2. The van der Waals surface area contributed by atoms with Gasteiger partial charge >= 0.3 is 15.6 Å². The fourth-order valence-corrected chi connectivity index (χ4v) is 6.13. The fourth-order valence-electron chi connectivity index (χ4n) is 3.97. The van der Waals surface area contributed by atoms with Crippen LogP contribution >= 0.6 is 15.6 Å². The number of nitrogens with two attached hydrogens (primary N) is 1. The number of ether oxygens (including phenoxy) is 2. The number of phosphoric ester groups is 2. The third-order valence-electron chi connectivity index (χ3n) is 5.90. The molecule has 5 unspecified atom stereocenters. The van der Waals surface area contributed by atoms with E-state index in [1.165, 1.54) is 0 Å². The van der Waals surface area contributed by atoms with Gasteiger partial charge in [0, 0.05) is 4.91 Å². The van der Waals surface area contributed by atoms with Gasteiger partial charge in [0.05, 0.1) is 25.6 Å². The molecular weight excluding hydrogens is 606 g/mol. The largest absolute Gasteiger partial charge is 0.483 e. The molecule has 25 heteroatoms. The molecule has 11 atom stereocenters. The molecule has 41 heavy (non-hydrogen) atoms. The number of imidazole rings is 1. The van der Waals surface area contributed by atoms with Crippen molar-refractivity contribution in [3.05, 3.63) is 27.1 Å². The number of aromatic nitrogens is 4. The molecule has 0 spiro atoms. The zero-order chi connectivity index (χ0) is 30.3. The van der Waals surface area contributed by atoms with Gasteiger partial charge in [0.15, 0.2) is 23.7 Å². The van der Waals surface area contributed by atoms with Crippen LogP contribution in [0.25, 0.3) is 21.6 Å². The highest BCUT2D eigenvalue weighted by Crippen LogP contribution is 2.61. The van der Waals surface area contributed by atoms with Crippen LogP contribution in [0.15, 0.2) is 16.2 Å². The summed E-state index contributed by atoms with van der Waals surface area (Å²) in [5.41, 5.74) is 12.9. The Morgan fingerprint density at radius 3 is 2.44 bits per heavy atom. The highest BCUT2D eigenvalue weighted by molar-refractivity contribution is 7.61. The number of nitrogen functional groups attached to an aromatic ring is 1. The second kappa shape index (κ2) is 12.0. The zero-order valence-corrected chi connectivity index (χ0v) is 22.0. The van der Waals surface area contributed by atoms with Gasteiger partial charge in [-0.2, -0.15) is 9.29 Å². The first kappa shape index (κ1) is 31.4. The minimum absolute atomic E-state index is 0.120. The fraction of sp³-hybridized carbons (Fsp3) is 0.688. The zero-order valence-electron chi connectivity index (χ0n) is 20.2. The number of H-pyrrole nitrogens is 1. The van der Waals surface area contributed by atoms with Gasteiger partial charge in [-0.1, -0.05) is 5.11 Å². The average molecular weight is 630 g/mol. The molecule has 0 aliphatic carbocycles. The molecule has 2 aromatic rings. The van der Waals surface area contributed by atoms with Gasteiger partial charge in [0.25, 0.3) is 5.56 Å². The van der Waals surface area contributed by atoms with E-state index in [-0.39, 0.29) is 17.1 Å². The number of nitrogens with one attached hydrogen (secondary N) is 1. The van der Waals surface area contributed by atoms with E-state index >= 15 is 0 Å². The third-order valence-corrected chi connectivity index (χ3v) is 8.50. The van der Waals surface area contributed by atoms with E-state index in [1.54, 1.807) is 0 Å². The summed E-state index contributed by atoms with van der Waals surface area (Å²) >= 11 is 0. The van der Waals surface area contributed by atoms with Crippen molar-refractivity contribution in [2.45, 2.75) is 55.2 Å². The summed E-state index contributed by atoms with van der Waals surface area (Å²) in [5.74, 6) is -0.283. The van der Waals surface area contributed by atoms with Crippen molar-refractivity contribution in [3.8, 4) is 0 Å². The van der Waals surface area contributed by atoms with Gasteiger partial charge in [-0.15, -0.1) is 0 Å². The summed E-state index contributed by atoms with van der Waals surface area (Å²) in [6.07, 6.45) is -15.1. The van der Waals surface area contributed by atoms with E-state index in [0.717, 1.165) is 10.9 Å². The van der Waals surface area contributed by atoms with Crippen molar-refractivity contribution in [1.29, 1.82) is 0 Å². The Morgan fingerprint density at radius 1 is 1.07 bits per heavy atom. The first-order valence-corrected chi connectivity index (χ1v) is 14.3. The van der Waals surface area contributed by atoms with Gasteiger partial charge < -0.3 is 50.5 Å². The van der Waals surface area contributed by atoms with Crippen LogP contribution in [-0.4, -0.2) is 117 Å². The molecule has 10 N–H and O–H groups in total. The summed E-state index contributed by atoms with van der Waals surface area (Å²) < 4.78 is 49.5. The maximum Gasteiger partial charge on any atom is 0.483 e. The van der Waals surface area contributed by atoms with Gasteiger partial charge in [0.2, 0.25) is 5.95 Å². The van der Waals surface area contributed by atoms with Crippen molar-refractivity contribution in [2.24, 2.45) is 5.11 Å². The van der Waals surface area contributed by atoms with E-state index < -0.39 is 89.6 Å². The van der Waals surface area contributed by atoms with Crippen LogP contribution in [0.4, 0.5) is 5.95 Å². The number of rotatable bonds is 10. The summed E-state index contributed by atoms with van der Waals surface area (Å²) in [4.78, 5) is 44.2. The first-order chi connectivity index (χ1) is 19.1. The van der Waals surface area contributed by atoms with E-state index in [4.69, 9.17) is 20.7 Å². The molecule has 2 saturated heterocycles. The number of anilines is 1. The lowest BCUT2D eigenvalue weighted by molar-refractivity contribution is -0.272. The van der Waals surface area contributed by atoms with E-state index in [0.29, 0.717) is 0 Å². The third kappa shape index (κ3) is 6.75. The van der Waals surface area contributed by atoms with Crippen LogP contribution in [0, 0.1) is 0 Å². The summed E-state index contributed by atoms with van der Waals surface area (Å²) in [6, 6.07) is 0. The molecule has 2 aromatic heterocycles. The van der Waals surface area contributed by atoms with Crippen LogP contribution in [0.1, 0.15) is 6.23 Å². The van der Waals surface area contributed by atoms with Crippen molar-refractivity contribution < 1.29 is 67.3 Å². The Morgan fingerprint density at radius 2 is 1.76 bits per heavy atom. The smallest absolute Gasteiger partial charge is 0.388 e. The molecular formula is C16H24N8O15P2. The number of aromatic amines is 1. The minimum Gasteiger partial charge on any atom is -0.388 e. The quantitative estimate of drug-likeness (QED) is 0.0536. The molecule has 2 aliphatic rings. The summed E-state index contributed by atoms with van der Waals surface area (Å²) in [5, 5.41) is 53.7. The summed E-state index contributed by atoms with van der Waals surface area (Å²) in [7, 11) is -11.1. The Bertz CT molecular complexity index is 1470. The maximum absolute atomic E-state index is 12.4. The number of azide groups is 1. The van der Waals surface area contributed by atoms with E-state index in [9.17, 15) is 49.2 Å². The van der Waals surface area contributed by atoms with E-state index in [2.05, 4.69) is 38.3 Å². The summed E-state index contributed by atoms with van der Waals surface area (Å²) in [6.45, 7) is -1.60. The number of nitrogens with zero attached hydrogens (tertiary/aromatic N) is 6. The number of fused-ring (bicyclic) bond motifs is 1. The normalized spacial score (nSPS) is 35.0. The molecule has 228 valence electrons. The Hall–Kier alpha value is -2.56. The monoisotopic (exact) mass is 630 g/mol. The lowest BCUT2D eigenvalue weighted by Crippen LogP contribution is -2.58. The molecule has 0 saturated carbocycles. The lowest BCUT2D eigenvalue weighted by atomic mass is 9.99. The molecule has 23 nitrogen and oxygen atoms in total. The molecule has 0 bridgehead atoms. The topological polar surface area (TPSA) is 360 Å². The second-order valence-electron chi connectivity index (χ2n) is 8.67. The second-order valence-corrected chi connectivity index (χ2v) is 11.7. The number of hydrogen-bond acceptors (Lipinski definition) is 17. The highest BCUT2D eigenvalue weighted by atomic mass is 31.3. The van der Waals surface area contributed by atoms with Crippen LogP contribution < -0.4 is 11.3 Å². The van der Waals surface area contributed by atoms with Crippen LogP contribution in [0.2, 0.25) is 0 Å². The maximum atomic E-state index is 12.4. The standard InChI is InChI=1S/C16H24N8O15P2/c17-16-21-12-6(13(30)22-16)19-3-24(12)14-10(28)8(26)5(36-14)2-35-40(31,32)39-41(33,34)38-15-11(29)9(27)7(25)4(37-15)1-20-23-18/h3-5,7-11,14-15,25-29H,1-2H2,(H,31,32)(H,33,34)(H3,17,21,22,30)/t4?,5-,7-,8+,9+,10?,11?,14-,15-/m1/s1. The lowest BCUT2D eigenvalue weighted by Gasteiger charge is -2.39. The number of hydrogen-bond donors (Lipinski definition) is 9. The van der Waals surface area contributed by atoms with Gasteiger partial charge in [-0.3, -0.25) is 23.4 Å². The van der Waals surface area contributed by atoms with Crippen molar-refractivity contribution >= 4 is 32.8 Å². The molecule has 2 fully saturated rings. The van der Waals surface area contributed by atoms with Crippen LogP contribution in [-0.2, 0) is 32.0 Å². The van der Waals surface area contributed by atoms with Crippen molar-refractivity contribution in [3.63, 3.8) is 0 Å². The molecule has 2 aliphatic heterocycles. The molecule has 0 amide bonds. The number of aliphatic hydroxyl groups is 5. The molecule has 0 aromatic carbocycles. The first-order valence-electron chi connectivity index (χ1n) is 11.3. The molecule has 4 rings (SSSR count). The average Bonchev–Trinajstić information content (AvgIpc) is 3.42. The van der Waals surface area contributed by atoms with Crippen LogP contribution in [0.3, 0.4) is 0 Å². The van der Waals surface area contributed by atoms with Crippen molar-refractivity contribution in [2.75, 3.05) is 18.9 Å². The van der Waals surface area contributed by atoms with Gasteiger partial charge in [0.1, 0.15) is 36.6 Å².